The fourth-order valence-electron chi connectivity index (χ4n) is 6.16. The monoisotopic (exact) mass is 649 g/mol. The van der Waals surface area contributed by atoms with Crippen LogP contribution < -0.4 is 15.0 Å². The van der Waals surface area contributed by atoms with E-state index in [9.17, 15) is 22.7 Å². The van der Waals surface area contributed by atoms with E-state index in [-0.39, 0.29) is 81.0 Å². The molecule has 0 saturated heterocycles. The lowest BCUT2D eigenvalue weighted by molar-refractivity contribution is 0.0974. The second kappa shape index (κ2) is 11.3. The molecule has 12 heteroatoms. The van der Waals surface area contributed by atoms with E-state index in [0.29, 0.717) is 11.1 Å². The third-order valence-corrected chi connectivity index (χ3v) is 10.5. The van der Waals surface area contributed by atoms with Gasteiger partial charge >= 0.3 is 0 Å². The molecule has 1 atom stereocenters. The molecule has 1 amide bonds. The molecule has 2 aliphatic rings. The van der Waals surface area contributed by atoms with Crippen molar-refractivity contribution in [2.45, 2.75) is 53.7 Å². The molecule has 240 valence electrons. The standard InChI is InChI=1S/C34H33F2N3O6S/c1-18-9-10-21(13-24(18)35)16-44-22-11-12-23(25(36)14-22)31-32-26(15-34(4,5)17-46(32,42)43)38-30-27(7-6-8-28(30)40)39(31)33(41)29-19(2)45-20(3)37-29/h6-14,31,38,40H,15-17H2,1-5H3. The number of phenolic OH excluding ortho intramolecular Hbond substituents is 1. The zero-order valence-electron chi connectivity index (χ0n) is 25.9. The molecular weight excluding hydrogens is 616 g/mol. The minimum atomic E-state index is -4.11. The highest BCUT2D eigenvalue weighted by Crippen LogP contribution is 2.52. The lowest BCUT2D eigenvalue weighted by Crippen LogP contribution is -2.41. The number of ether oxygens (including phenoxy) is 1. The lowest BCUT2D eigenvalue weighted by Gasteiger charge is -2.37. The van der Waals surface area contributed by atoms with E-state index in [0.717, 1.165) is 11.0 Å². The molecule has 3 aromatic carbocycles. The fraction of sp³-hybridized carbons (Fsp3) is 0.294. The molecule has 0 saturated carbocycles. The average Bonchev–Trinajstić information content (AvgIpc) is 3.22. The van der Waals surface area contributed by atoms with Gasteiger partial charge in [0.2, 0.25) is 0 Å². The maximum Gasteiger partial charge on any atom is 0.281 e. The Morgan fingerprint density at radius 2 is 1.87 bits per heavy atom. The summed E-state index contributed by atoms with van der Waals surface area (Å²) < 4.78 is 70.0. The number of aromatic hydroxyl groups is 1. The highest BCUT2D eigenvalue weighted by Gasteiger charge is 2.48. The third kappa shape index (κ3) is 5.61. The van der Waals surface area contributed by atoms with Gasteiger partial charge < -0.3 is 19.6 Å². The van der Waals surface area contributed by atoms with Crippen LogP contribution in [0.2, 0.25) is 0 Å². The van der Waals surface area contributed by atoms with Crippen LogP contribution in [-0.2, 0) is 16.4 Å². The predicted molar refractivity (Wildman–Crippen MR) is 168 cm³/mol. The number of hydrogen-bond acceptors (Lipinski definition) is 8. The first-order valence-electron chi connectivity index (χ1n) is 14.6. The number of allylic oxidation sites excluding steroid dienone is 1. The van der Waals surface area contributed by atoms with Crippen molar-refractivity contribution in [3.8, 4) is 11.5 Å². The Labute approximate surface area is 265 Å². The number of aromatic nitrogens is 1. The molecule has 0 spiro atoms. The molecule has 0 bridgehead atoms. The van der Waals surface area contributed by atoms with Crippen LogP contribution in [0.25, 0.3) is 0 Å². The normalized spacial score (nSPS) is 18.3. The van der Waals surface area contributed by atoms with E-state index < -0.39 is 33.0 Å². The topological polar surface area (TPSA) is 122 Å². The summed E-state index contributed by atoms with van der Waals surface area (Å²) in [5.41, 5.74) is 0.587. The number of anilines is 2. The number of nitrogens with zero attached hydrogens (tertiary/aromatic N) is 2. The number of para-hydroxylation sites is 1. The van der Waals surface area contributed by atoms with Gasteiger partial charge in [-0.3, -0.25) is 9.69 Å². The molecule has 3 heterocycles. The fourth-order valence-corrected chi connectivity index (χ4v) is 8.52. The first kappa shape index (κ1) is 31.3. The van der Waals surface area contributed by atoms with Crippen LogP contribution in [0.4, 0.5) is 20.2 Å². The maximum atomic E-state index is 16.4. The Hall–Kier alpha value is -4.71. The number of carbonyl (C=O) groups is 1. The highest BCUT2D eigenvalue weighted by molar-refractivity contribution is 7.95. The van der Waals surface area contributed by atoms with Crippen molar-refractivity contribution in [3.05, 3.63) is 111 Å². The van der Waals surface area contributed by atoms with E-state index in [1.165, 1.54) is 30.3 Å². The number of hydrogen-bond donors (Lipinski definition) is 2. The largest absolute Gasteiger partial charge is 0.506 e. The number of fused-ring (bicyclic) bond motifs is 1. The van der Waals surface area contributed by atoms with Crippen molar-refractivity contribution in [3.63, 3.8) is 0 Å². The van der Waals surface area contributed by atoms with Crippen molar-refractivity contribution in [2.75, 3.05) is 16.0 Å². The number of carbonyl (C=O) groups excluding carboxylic acids is 1. The Balaban J connectivity index is 1.54. The highest BCUT2D eigenvalue weighted by atomic mass is 32.2. The number of halogens is 2. The summed E-state index contributed by atoms with van der Waals surface area (Å²) in [5, 5.41) is 14.1. The SMILES string of the molecule is Cc1nc(C(=O)N2c3cccc(O)c3NC3=C(C2c2ccc(OCc4ccc(C)c(F)c4)cc2F)S(=O)(=O)CC(C)(C)C3)c(C)o1. The molecule has 2 aliphatic heterocycles. The van der Waals surface area contributed by atoms with E-state index in [1.807, 2.05) is 0 Å². The Bertz CT molecular complexity index is 2040. The molecule has 2 N–H and O–H groups in total. The van der Waals surface area contributed by atoms with Gasteiger partial charge in [-0.2, -0.15) is 0 Å². The molecule has 0 radical (unpaired) electrons. The Morgan fingerprint density at radius 3 is 2.54 bits per heavy atom. The minimum absolute atomic E-state index is 0.0376. The number of aryl methyl sites for hydroxylation is 3. The zero-order valence-corrected chi connectivity index (χ0v) is 26.8. The number of benzene rings is 3. The first-order valence-corrected chi connectivity index (χ1v) is 16.3. The summed E-state index contributed by atoms with van der Waals surface area (Å²) >= 11 is 0. The van der Waals surface area contributed by atoms with Crippen LogP contribution >= 0.6 is 0 Å². The van der Waals surface area contributed by atoms with Gasteiger partial charge in [-0.05, 0) is 67.1 Å². The van der Waals surface area contributed by atoms with Crippen molar-refractivity contribution in [1.29, 1.82) is 0 Å². The first-order chi connectivity index (χ1) is 21.6. The van der Waals surface area contributed by atoms with Gasteiger partial charge in [-0.25, -0.2) is 22.2 Å². The van der Waals surface area contributed by atoms with Gasteiger partial charge in [0.05, 0.1) is 16.3 Å². The second-order valence-electron chi connectivity index (χ2n) is 12.5. The molecular formula is C34H33F2N3O6S. The molecule has 0 aliphatic carbocycles. The predicted octanol–water partition coefficient (Wildman–Crippen LogP) is 7.03. The summed E-state index contributed by atoms with van der Waals surface area (Å²) in [4.78, 5) is 19.7. The number of oxazole rings is 1. The summed E-state index contributed by atoms with van der Waals surface area (Å²) in [7, 11) is -4.11. The molecule has 1 unspecified atom stereocenters. The summed E-state index contributed by atoms with van der Waals surface area (Å²) in [6.07, 6.45) is 0.242. The van der Waals surface area contributed by atoms with E-state index in [1.54, 1.807) is 52.8 Å². The summed E-state index contributed by atoms with van der Waals surface area (Å²) in [6.45, 7) is 8.34. The van der Waals surface area contributed by atoms with E-state index >= 15 is 4.39 Å². The third-order valence-electron chi connectivity index (χ3n) is 8.16. The van der Waals surface area contributed by atoms with E-state index in [2.05, 4.69) is 10.3 Å². The Morgan fingerprint density at radius 1 is 1.11 bits per heavy atom. The molecule has 0 fully saturated rings. The summed E-state index contributed by atoms with van der Waals surface area (Å²) in [5.74, 6) is -1.92. The summed E-state index contributed by atoms with van der Waals surface area (Å²) in [6, 6.07) is 11.6. The molecule has 9 nitrogen and oxygen atoms in total. The van der Waals surface area contributed by atoms with Crippen LogP contribution in [0, 0.1) is 37.8 Å². The number of rotatable bonds is 5. The quantitative estimate of drug-likeness (QED) is 0.221. The van der Waals surface area contributed by atoms with Gasteiger partial charge in [0.25, 0.3) is 5.91 Å². The van der Waals surface area contributed by atoms with Crippen molar-refractivity contribution < 1.29 is 36.3 Å². The second-order valence-corrected chi connectivity index (χ2v) is 14.5. The van der Waals surface area contributed by atoms with Crippen LogP contribution in [0.3, 0.4) is 0 Å². The smallest absolute Gasteiger partial charge is 0.281 e. The minimum Gasteiger partial charge on any atom is -0.506 e. The van der Waals surface area contributed by atoms with Crippen molar-refractivity contribution >= 4 is 27.1 Å². The van der Waals surface area contributed by atoms with Gasteiger partial charge in [0.1, 0.15) is 47.2 Å². The Kier molecular flexibility index (Phi) is 7.66. The molecule has 6 rings (SSSR count). The van der Waals surface area contributed by atoms with Crippen LogP contribution in [0.1, 0.15) is 65.1 Å². The number of phenols is 1. The lowest BCUT2D eigenvalue weighted by atomic mass is 9.88. The number of nitrogens with one attached hydrogen (secondary N) is 1. The van der Waals surface area contributed by atoms with Gasteiger partial charge in [0, 0.05) is 24.3 Å². The maximum absolute atomic E-state index is 16.4. The van der Waals surface area contributed by atoms with Gasteiger partial charge in [-0.1, -0.05) is 32.0 Å². The van der Waals surface area contributed by atoms with Crippen LogP contribution in [-0.4, -0.2) is 30.2 Å². The molecule has 1 aromatic heterocycles. The van der Waals surface area contributed by atoms with Crippen LogP contribution in [0.5, 0.6) is 11.5 Å². The zero-order chi connectivity index (χ0) is 33.1. The molecule has 4 aromatic rings. The molecule has 46 heavy (non-hydrogen) atoms. The number of sulfone groups is 1. The van der Waals surface area contributed by atoms with E-state index in [4.69, 9.17) is 9.15 Å². The average molecular weight is 650 g/mol. The van der Waals surface area contributed by atoms with Gasteiger partial charge in [0.15, 0.2) is 21.4 Å². The number of amides is 1. The van der Waals surface area contributed by atoms with Gasteiger partial charge in [-0.15, -0.1) is 0 Å². The van der Waals surface area contributed by atoms with Crippen molar-refractivity contribution in [2.24, 2.45) is 5.41 Å². The van der Waals surface area contributed by atoms with Crippen LogP contribution in [0.15, 0.2) is 69.6 Å². The van der Waals surface area contributed by atoms with Crippen molar-refractivity contribution in [1.82, 2.24) is 4.98 Å².